The highest BCUT2D eigenvalue weighted by molar-refractivity contribution is 9.10. The molecule has 1 aromatic carbocycles. The fourth-order valence-electron chi connectivity index (χ4n) is 3.02. The first-order valence-electron chi connectivity index (χ1n) is 7.31. The summed E-state index contributed by atoms with van der Waals surface area (Å²) < 4.78 is 6.60. The molecule has 0 amide bonds. The molecule has 1 unspecified atom stereocenters. The second kappa shape index (κ2) is 6.43. The van der Waals surface area contributed by atoms with E-state index in [1.165, 1.54) is 11.3 Å². The Balaban J connectivity index is 1.78. The number of benzene rings is 1. The van der Waals surface area contributed by atoms with Gasteiger partial charge < -0.3 is 15.4 Å². The van der Waals surface area contributed by atoms with E-state index >= 15 is 0 Å². The molecule has 0 saturated carbocycles. The molecule has 3 rings (SSSR count). The fraction of sp³-hybridized carbons (Fsp3) is 0.600. The van der Waals surface area contributed by atoms with Crippen molar-refractivity contribution < 1.29 is 4.74 Å². The molecule has 5 heteroatoms. The second-order valence-corrected chi connectivity index (χ2v) is 6.57. The zero-order valence-electron chi connectivity index (χ0n) is 11.7. The van der Waals surface area contributed by atoms with Crippen molar-refractivity contribution in [1.82, 2.24) is 4.90 Å². The van der Waals surface area contributed by atoms with Crippen LogP contribution in [0.25, 0.3) is 0 Å². The zero-order chi connectivity index (χ0) is 13.9. The van der Waals surface area contributed by atoms with Crippen LogP contribution in [0.3, 0.4) is 0 Å². The summed E-state index contributed by atoms with van der Waals surface area (Å²) in [6, 6.07) is 6.95. The third-order valence-electron chi connectivity index (χ3n) is 4.10. The standard InChI is InChI=1S/C15H22BrN3O/c16-13-2-1-12(10-18-4-3-14(17)11-18)15(9-13)19-5-7-20-8-6-19/h1-2,9,14H,3-8,10-11,17H2. The maximum atomic E-state index is 6.01. The van der Waals surface area contributed by atoms with Crippen LogP contribution in [0.5, 0.6) is 0 Å². The molecule has 110 valence electrons. The molecule has 20 heavy (non-hydrogen) atoms. The second-order valence-electron chi connectivity index (χ2n) is 5.66. The van der Waals surface area contributed by atoms with Gasteiger partial charge in [0.1, 0.15) is 0 Å². The van der Waals surface area contributed by atoms with E-state index in [-0.39, 0.29) is 0 Å². The molecular weight excluding hydrogens is 318 g/mol. The Labute approximate surface area is 129 Å². The van der Waals surface area contributed by atoms with Crippen molar-refractivity contribution in [1.29, 1.82) is 0 Å². The van der Waals surface area contributed by atoms with Crippen molar-refractivity contribution in [3.63, 3.8) is 0 Å². The summed E-state index contributed by atoms with van der Waals surface area (Å²) in [7, 11) is 0. The minimum absolute atomic E-state index is 0.345. The van der Waals surface area contributed by atoms with E-state index in [9.17, 15) is 0 Å². The van der Waals surface area contributed by atoms with Gasteiger partial charge in [-0.2, -0.15) is 0 Å². The number of hydrogen-bond acceptors (Lipinski definition) is 4. The van der Waals surface area contributed by atoms with Crippen LogP contribution in [0.1, 0.15) is 12.0 Å². The maximum absolute atomic E-state index is 6.01. The lowest BCUT2D eigenvalue weighted by Crippen LogP contribution is -2.37. The van der Waals surface area contributed by atoms with Gasteiger partial charge in [-0.05, 0) is 24.1 Å². The molecule has 2 saturated heterocycles. The first-order chi connectivity index (χ1) is 9.72. The summed E-state index contributed by atoms with van der Waals surface area (Å²) in [4.78, 5) is 4.89. The minimum Gasteiger partial charge on any atom is -0.378 e. The largest absolute Gasteiger partial charge is 0.378 e. The number of nitrogens with two attached hydrogens (primary N) is 1. The highest BCUT2D eigenvalue weighted by Crippen LogP contribution is 2.28. The van der Waals surface area contributed by atoms with Gasteiger partial charge in [-0.15, -0.1) is 0 Å². The Kier molecular flexibility index (Phi) is 4.61. The SMILES string of the molecule is NC1CCN(Cc2ccc(Br)cc2N2CCOCC2)C1. The van der Waals surface area contributed by atoms with E-state index in [1.807, 2.05) is 0 Å². The Hall–Kier alpha value is -0.620. The summed E-state index contributed by atoms with van der Waals surface area (Å²) in [6.45, 7) is 6.71. The highest BCUT2D eigenvalue weighted by Gasteiger charge is 2.21. The number of anilines is 1. The molecular formula is C15H22BrN3O. The zero-order valence-corrected chi connectivity index (χ0v) is 13.3. The van der Waals surface area contributed by atoms with Gasteiger partial charge in [0.25, 0.3) is 0 Å². The van der Waals surface area contributed by atoms with E-state index in [0.29, 0.717) is 6.04 Å². The molecule has 0 radical (unpaired) electrons. The molecule has 4 nitrogen and oxygen atoms in total. The molecule has 2 fully saturated rings. The molecule has 2 aliphatic rings. The molecule has 1 atom stereocenters. The van der Waals surface area contributed by atoms with Crippen molar-refractivity contribution in [3.8, 4) is 0 Å². The summed E-state index contributed by atoms with van der Waals surface area (Å²) >= 11 is 3.59. The van der Waals surface area contributed by atoms with E-state index in [2.05, 4.69) is 43.9 Å². The van der Waals surface area contributed by atoms with Crippen LogP contribution in [0, 0.1) is 0 Å². The lowest BCUT2D eigenvalue weighted by molar-refractivity contribution is 0.122. The molecule has 2 N–H and O–H groups in total. The average Bonchev–Trinajstić information content (AvgIpc) is 2.87. The predicted octanol–water partition coefficient (Wildman–Crippen LogP) is 1.82. The van der Waals surface area contributed by atoms with E-state index in [1.54, 1.807) is 0 Å². The number of halogens is 1. The normalized spacial score (nSPS) is 24.3. The Morgan fingerprint density at radius 3 is 2.75 bits per heavy atom. The van der Waals surface area contributed by atoms with Gasteiger partial charge in [-0.25, -0.2) is 0 Å². The quantitative estimate of drug-likeness (QED) is 0.912. The molecule has 0 aromatic heterocycles. The summed E-state index contributed by atoms with van der Waals surface area (Å²) in [5, 5.41) is 0. The Morgan fingerprint density at radius 1 is 1.25 bits per heavy atom. The van der Waals surface area contributed by atoms with Crippen molar-refractivity contribution >= 4 is 21.6 Å². The van der Waals surface area contributed by atoms with Gasteiger partial charge in [0.05, 0.1) is 13.2 Å². The number of morpholine rings is 1. The number of likely N-dealkylation sites (tertiary alicyclic amines) is 1. The van der Waals surface area contributed by atoms with Crippen LogP contribution in [0.15, 0.2) is 22.7 Å². The van der Waals surface area contributed by atoms with Crippen LogP contribution in [-0.2, 0) is 11.3 Å². The first-order valence-corrected chi connectivity index (χ1v) is 8.11. The molecule has 2 aliphatic heterocycles. The smallest absolute Gasteiger partial charge is 0.0642 e. The Morgan fingerprint density at radius 2 is 2.05 bits per heavy atom. The van der Waals surface area contributed by atoms with Crippen molar-refractivity contribution in [2.45, 2.75) is 19.0 Å². The lowest BCUT2D eigenvalue weighted by Gasteiger charge is -2.31. The maximum Gasteiger partial charge on any atom is 0.0642 e. The van der Waals surface area contributed by atoms with Crippen molar-refractivity contribution in [2.75, 3.05) is 44.3 Å². The number of nitrogens with zero attached hydrogens (tertiary/aromatic N) is 2. The van der Waals surface area contributed by atoms with Gasteiger partial charge in [0, 0.05) is 48.9 Å². The number of hydrogen-bond donors (Lipinski definition) is 1. The topological polar surface area (TPSA) is 41.7 Å². The van der Waals surface area contributed by atoms with Crippen LogP contribution < -0.4 is 10.6 Å². The fourth-order valence-corrected chi connectivity index (χ4v) is 3.37. The van der Waals surface area contributed by atoms with Gasteiger partial charge in [-0.1, -0.05) is 22.0 Å². The highest BCUT2D eigenvalue weighted by atomic mass is 79.9. The van der Waals surface area contributed by atoms with Crippen LogP contribution in [-0.4, -0.2) is 50.3 Å². The summed E-state index contributed by atoms with van der Waals surface area (Å²) in [5.74, 6) is 0. The molecule has 0 spiro atoms. The van der Waals surface area contributed by atoms with Crippen LogP contribution >= 0.6 is 15.9 Å². The van der Waals surface area contributed by atoms with Crippen molar-refractivity contribution in [3.05, 3.63) is 28.2 Å². The first kappa shape index (κ1) is 14.3. The molecule has 1 aromatic rings. The van der Waals surface area contributed by atoms with E-state index in [4.69, 9.17) is 10.5 Å². The lowest BCUT2D eigenvalue weighted by atomic mass is 10.1. The van der Waals surface area contributed by atoms with Crippen LogP contribution in [0.4, 0.5) is 5.69 Å². The number of rotatable bonds is 3. The van der Waals surface area contributed by atoms with E-state index < -0.39 is 0 Å². The van der Waals surface area contributed by atoms with Crippen LogP contribution in [0.2, 0.25) is 0 Å². The third-order valence-corrected chi connectivity index (χ3v) is 4.60. The third kappa shape index (κ3) is 3.34. The van der Waals surface area contributed by atoms with E-state index in [0.717, 1.165) is 56.8 Å². The Bertz CT molecular complexity index is 462. The molecule has 2 heterocycles. The number of ether oxygens (including phenoxy) is 1. The average molecular weight is 340 g/mol. The minimum atomic E-state index is 0.345. The van der Waals surface area contributed by atoms with Crippen molar-refractivity contribution in [2.24, 2.45) is 5.73 Å². The summed E-state index contributed by atoms with van der Waals surface area (Å²) in [5.41, 5.74) is 8.74. The predicted molar refractivity (Wildman–Crippen MR) is 85.0 cm³/mol. The molecule has 0 aliphatic carbocycles. The monoisotopic (exact) mass is 339 g/mol. The summed E-state index contributed by atoms with van der Waals surface area (Å²) in [6.07, 6.45) is 1.11. The van der Waals surface area contributed by atoms with Gasteiger partial charge in [0.2, 0.25) is 0 Å². The molecule has 0 bridgehead atoms. The van der Waals surface area contributed by atoms with Gasteiger partial charge >= 0.3 is 0 Å². The van der Waals surface area contributed by atoms with Gasteiger partial charge in [-0.3, -0.25) is 4.90 Å². The van der Waals surface area contributed by atoms with Gasteiger partial charge in [0.15, 0.2) is 0 Å².